The molecule has 0 aliphatic heterocycles. The van der Waals surface area contributed by atoms with Crippen LogP contribution >= 0.6 is 0 Å². The van der Waals surface area contributed by atoms with Crippen molar-refractivity contribution in [3.63, 3.8) is 0 Å². The van der Waals surface area contributed by atoms with E-state index in [1.54, 1.807) is 0 Å². The highest BCUT2D eigenvalue weighted by molar-refractivity contribution is 6.12. The summed E-state index contributed by atoms with van der Waals surface area (Å²) in [5.74, 6) is 0. The molecule has 0 unspecified atom stereocenters. The second-order valence-electron chi connectivity index (χ2n) is 24.7. The van der Waals surface area contributed by atoms with E-state index in [4.69, 9.17) is 0 Å². The van der Waals surface area contributed by atoms with Gasteiger partial charge in [0.1, 0.15) is 0 Å². The monoisotopic (exact) mass is 1250 g/mol. The summed E-state index contributed by atoms with van der Waals surface area (Å²) < 4.78 is 13.8. The third-order valence-corrected chi connectivity index (χ3v) is 19.7. The lowest BCUT2D eigenvalue weighted by molar-refractivity contribution is 0.956. The zero-order valence-corrected chi connectivity index (χ0v) is 51.5. The summed E-state index contributed by atoms with van der Waals surface area (Å²) in [4.78, 5) is 0. The second-order valence-corrected chi connectivity index (χ2v) is 24.7. The maximum Gasteiger partial charge on any atom is 0.0491 e. The number of para-hydroxylation sites is 6. The van der Waals surface area contributed by atoms with Gasteiger partial charge in [-0.1, -0.05) is 202 Å². The zero-order chi connectivity index (χ0) is 60.0. The molecule has 480 valence electrons. The third kappa shape index (κ3) is 11.5. The van der Waals surface area contributed by atoms with E-state index in [0.29, 0.717) is 0 Å². The Morgan fingerprint density at radius 3 is 0.653 bits per heavy atom. The Morgan fingerprint density at radius 2 is 0.347 bits per heavy atom. The number of rotatable bonds is 8. The lowest BCUT2D eigenvalue weighted by Gasteiger charge is -2.05. The number of benzene rings is 12. The van der Waals surface area contributed by atoms with Gasteiger partial charge in [-0.15, -0.1) is 0 Å². The van der Waals surface area contributed by atoms with Crippen LogP contribution in [0, 0.1) is 0 Å². The van der Waals surface area contributed by atoms with E-state index in [0.717, 1.165) is 32.1 Å². The van der Waals surface area contributed by atoms with Crippen molar-refractivity contribution in [1.82, 2.24) is 27.4 Å². The standard InChI is InChI=1S/2C28H24N2.C27H22N2.6CH4/c1-29-26-10-6-4-8-22(26)24-17-19(14-16-27(24)29)11-12-20-13-15-23-21-7-3-5-9-25(21)30(2)28(23)18-20;1-29-25-9-5-3-7-21(25)23-17-19(13-15-27(23)29)11-12-20-14-16-28-24(18-20)22-8-4-6-10-26(22)30(28)2;1-28-25-10-6-4-8-21(25)23-16-18(12-14-26(23)28)15-19-11-13-22-20-7-3-5-9-24(20)29(2)27(22)17-19;;;;;;/h2*3-10,13-18H,11-12H2,1-2H3;3-14,16-17H,15H2,1-2H3;6*1H4. The third-order valence-electron chi connectivity index (χ3n) is 19.7. The number of aromatic nitrogens is 6. The molecule has 6 nitrogen and oxygen atoms in total. The predicted molar refractivity (Wildman–Crippen MR) is 421 cm³/mol. The minimum absolute atomic E-state index is 0. The first-order valence-electron chi connectivity index (χ1n) is 31.4. The van der Waals surface area contributed by atoms with Gasteiger partial charge in [-0.25, -0.2) is 0 Å². The Morgan fingerprint density at radius 1 is 0.168 bits per heavy atom. The molecular formula is C89H94N6. The first-order valence-corrected chi connectivity index (χ1v) is 31.4. The summed E-state index contributed by atoms with van der Waals surface area (Å²) in [5.41, 5.74) is 23.9. The smallest absolute Gasteiger partial charge is 0.0491 e. The molecule has 0 fully saturated rings. The fourth-order valence-electron chi connectivity index (χ4n) is 14.9. The Balaban J connectivity index is 0.000000151. The molecule has 0 aliphatic carbocycles. The van der Waals surface area contributed by atoms with Crippen LogP contribution in [-0.2, 0) is 74.4 Å². The number of hydrogen-bond donors (Lipinski definition) is 0. The van der Waals surface area contributed by atoms with Crippen molar-refractivity contribution >= 4 is 131 Å². The molecular weight excluding hydrogens is 1150 g/mol. The molecule has 18 aromatic rings. The van der Waals surface area contributed by atoms with Crippen molar-refractivity contribution in [1.29, 1.82) is 0 Å². The summed E-state index contributed by atoms with van der Waals surface area (Å²) in [5, 5.41) is 16.1. The molecule has 18 rings (SSSR count). The number of aryl methyl sites for hydroxylation is 10. The summed E-state index contributed by atoms with van der Waals surface area (Å²) in [6.45, 7) is 0. The van der Waals surface area contributed by atoms with Crippen molar-refractivity contribution in [3.8, 4) is 0 Å². The minimum atomic E-state index is 0. The molecule has 0 radical (unpaired) electrons. The normalized spacial score (nSPS) is 11.2. The van der Waals surface area contributed by atoms with Gasteiger partial charge in [0.25, 0.3) is 0 Å². The van der Waals surface area contributed by atoms with Gasteiger partial charge in [-0.3, -0.25) is 0 Å². The number of nitrogens with zero attached hydrogens (tertiary/aromatic N) is 6. The highest BCUT2D eigenvalue weighted by atomic mass is 15.0. The fourth-order valence-corrected chi connectivity index (χ4v) is 14.9. The lowest BCUT2D eigenvalue weighted by Crippen LogP contribution is -1.93. The molecule has 0 amide bonds. The molecule has 0 aliphatic rings. The van der Waals surface area contributed by atoms with Crippen molar-refractivity contribution in [2.75, 3.05) is 0 Å². The topological polar surface area (TPSA) is 29.6 Å². The van der Waals surface area contributed by atoms with Crippen LogP contribution in [0.5, 0.6) is 0 Å². The first kappa shape index (κ1) is 67.3. The summed E-state index contributed by atoms with van der Waals surface area (Å²) in [7, 11) is 13.0. The van der Waals surface area contributed by atoms with Gasteiger partial charge in [-0.2, -0.15) is 0 Å². The molecule has 6 heterocycles. The van der Waals surface area contributed by atoms with E-state index in [-0.39, 0.29) is 44.6 Å². The van der Waals surface area contributed by atoms with Crippen LogP contribution in [0.25, 0.3) is 131 Å². The van der Waals surface area contributed by atoms with Crippen LogP contribution in [0.1, 0.15) is 77.9 Å². The molecule has 0 saturated heterocycles. The SMILES string of the molecule is C.C.C.C.C.C.Cn1c2ccccc2c2cc(CCc3ccc4c(c3)c3ccccc3n4C)ccc21.Cn1c2ccccc2c2cc(CCc3ccc4c5ccccc5n(C)c4c3)ccc21.Cn1c2ccccc2c2cc(Cc3ccc4c5ccccc5n(C)c4c3)ccc21. The highest BCUT2D eigenvalue weighted by Crippen LogP contribution is 2.36. The van der Waals surface area contributed by atoms with Gasteiger partial charge in [0.2, 0.25) is 0 Å². The lowest BCUT2D eigenvalue weighted by atomic mass is 10.0. The van der Waals surface area contributed by atoms with E-state index < -0.39 is 0 Å². The van der Waals surface area contributed by atoms with Gasteiger partial charge in [0, 0.05) is 173 Å². The van der Waals surface area contributed by atoms with Crippen LogP contribution in [0.2, 0.25) is 0 Å². The van der Waals surface area contributed by atoms with Gasteiger partial charge in [-0.05, 0) is 163 Å². The predicted octanol–water partition coefficient (Wildman–Crippen LogP) is 23.9. The molecule has 12 aromatic carbocycles. The van der Waals surface area contributed by atoms with E-state index in [1.165, 1.54) is 164 Å². The molecule has 6 aromatic heterocycles. The highest BCUT2D eigenvalue weighted by Gasteiger charge is 2.15. The Bertz CT molecular complexity index is 5680. The maximum atomic E-state index is 2.38. The number of hydrogen-bond acceptors (Lipinski definition) is 0. The quantitative estimate of drug-likeness (QED) is 0.145. The van der Waals surface area contributed by atoms with Gasteiger partial charge in [0.05, 0.1) is 0 Å². The molecule has 6 heteroatoms. The average molecular weight is 1250 g/mol. The number of fused-ring (bicyclic) bond motifs is 18. The van der Waals surface area contributed by atoms with Crippen LogP contribution in [-0.4, -0.2) is 27.4 Å². The van der Waals surface area contributed by atoms with Gasteiger partial charge in [0.15, 0.2) is 0 Å². The minimum Gasteiger partial charge on any atom is -0.344 e. The van der Waals surface area contributed by atoms with E-state index in [1.807, 2.05) is 0 Å². The van der Waals surface area contributed by atoms with E-state index in [9.17, 15) is 0 Å². The Kier molecular flexibility index (Phi) is 19.3. The van der Waals surface area contributed by atoms with Gasteiger partial charge < -0.3 is 27.4 Å². The van der Waals surface area contributed by atoms with Crippen LogP contribution in [0.4, 0.5) is 0 Å². The largest absolute Gasteiger partial charge is 0.344 e. The Labute approximate surface area is 562 Å². The molecule has 95 heavy (non-hydrogen) atoms. The summed E-state index contributed by atoms with van der Waals surface area (Å²) in [6, 6.07) is 93.6. The van der Waals surface area contributed by atoms with E-state index in [2.05, 4.69) is 324 Å². The summed E-state index contributed by atoms with van der Waals surface area (Å²) in [6.07, 6.45) is 5.14. The molecule has 0 saturated carbocycles. The van der Waals surface area contributed by atoms with Crippen molar-refractivity contribution in [2.45, 2.75) is 76.7 Å². The maximum absolute atomic E-state index is 2.38. The first-order chi connectivity index (χ1) is 43.6. The van der Waals surface area contributed by atoms with E-state index >= 15 is 0 Å². The van der Waals surface area contributed by atoms with Crippen molar-refractivity contribution < 1.29 is 0 Å². The van der Waals surface area contributed by atoms with Crippen molar-refractivity contribution in [2.24, 2.45) is 42.3 Å². The van der Waals surface area contributed by atoms with Crippen LogP contribution in [0.15, 0.2) is 255 Å². The molecule has 0 atom stereocenters. The molecule has 0 spiro atoms. The Hall–Kier alpha value is -10.6. The van der Waals surface area contributed by atoms with Gasteiger partial charge >= 0.3 is 0 Å². The fraction of sp³-hybridized carbons (Fsp3) is 0.191. The molecule has 0 bridgehead atoms. The average Bonchev–Trinajstić information content (AvgIpc) is 1.67. The molecule has 0 N–H and O–H groups in total. The van der Waals surface area contributed by atoms with Crippen LogP contribution in [0.3, 0.4) is 0 Å². The summed E-state index contributed by atoms with van der Waals surface area (Å²) >= 11 is 0. The second kappa shape index (κ2) is 27.2. The van der Waals surface area contributed by atoms with Crippen molar-refractivity contribution in [3.05, 3.63) is 288 Å². The van der Waals surface area contributed by atoms with Crippen LogP contribution < -0.4 is 0 Å². The zero-order valence-electron chi connectivity index (χ0n) is 51.5.